The summed E-state index contributed by atoms with van der Waals surface area (Å²) in [6.07, 6.45) is 1.30. The second-order valence-electron chi connectivity index (χ2n) is 5.84. The molecule has 1 atom stereocenters. The van der Waals surface area contributed by atoms with Crippen LogP contribution in [0.5, 0.6) is 0 Å². The molecule has 0 fully saturated rings. The summed E-state index contributed by atoms with van der Waals surface area (Å²) in [4.78, 5) is 11.6. The SMILES string of the molecule is CC(C)(C)c1ccc(S(=O)Cc2ccoc2C(=O)O)cc1. The van der Waals surface area contributed by atoms with Crippen LogP contribution in [0.25, 0.3) is 0 Å². The number of furan rings is 1. The number of rotatable bonds is 4. The minimum absolute atomic E-state index is 0.0427. The van der Waals surface area contributed by atoms with E-state index in [0.29, 0.717) is 10.5 Å². The Kier molecular flexibility index (Phi) is 4.32. The van der Waals surface area contributed by atoms with E-state index in [9.17, 15) is 9.00 Å². The molecule has 0 aliphatic rings. The van der Waals surface area contributed by atoms with Crippen LogP contribution < -0.4 is 0 Å². The Morgan fingerprint density at radius 1 is 1.19 bits per heavy atom. The molecular formula is C16H18O4S. The topological polar surface area (TPSA) is 67.5 Å². The Morgan fingerprint density at radius 3 is 2.33 bits per heavy atom. The van der Waals surface area contributed by atoms with Gasteiger partial charge in [-0.15, -0.1) is 0 Å². The summed E-state index contributed by atoms with van der Waals surface area (Å²) in [5.41, 5.74) is 1.65. The average Bonchev–Trinajstić information content (AvgIpc) is 2.86. The van der Waals surface area contributed by atoms with Gasteiger partial charge in [0.1, 0.15) is 0 Å². The maximum absolute atomic E-state index is 12.3. The summed E-state index contributed by atoms with van der Waals surface area (Å²) < 4.78 is 17.2. The van der Waals surface area contributed by atoms with Gasteiger partial charge in [0, 0.05) is 10.5 Å². The van der Waals surface area contributed by atoms with Crippen LogP contribution in [0.15, 0.2) is 45.9 Å². The van der Waals surface area contributed by atoms with Gasteiger partial charge < -0.3 is 9.52 Å². The van der Waals surface area contributed by atoms with Crippen LogP contribution in [0.4, 0.5) is 0 Å². The third-order valence-electron chi connectivity index (χ3n) is 3.21. The van der Waals surface area contributed by atoms with Crippen LogP contribution in [0, 0.1) is 0 Å². The highest BCUT2D eigenvalue weighted by molar-refractivity contribution is 7.84. The first-order chi connectivity index (χ1) is 9.79. The Labute approximate surface area is 126 Å². The lowest BCUT2D eigenvalue weighted by atomic mass is 9.87. The van der Waals surface area contributed by atoms with E-state index in [0.717, 1.165) is 5.56 Å². The molecule has 0 aliphatic heterocycles. The minimum Gasteiger partial charge on any atom is -0.475 e. The van der Waals surface area contributed by atoms with Crippen molar-refractivity contribution in [3.63, 3.8) is 0 Å². The highest BCUT2D eigenvalue weighted by atomic mass is 32.2. The summed E-state index contributed by atoms with van der Waals surface area (Å²) >= 11 is 0. The van der Waals surface area contributed by atoms with E-state index < -0.39 is 16.8 Å². The molecule has 4 nitrogen and oxygen atoms in total. The van der Waals surface area contributed by atoms with Crippen LogP contribution >= 0.6 is 0 Å². The summed E-state index contributed by atoms with van der Waals surface area (Å²) in [6.45, 7) is 6.34. The van der Waals surface area contributed by atoms with E-state index >= 15 is 0 Å². The molecule has 1 aromatic carbocycles. The van der Waals surface area contributed by atoms with Crippen LogP contribution in [0.3, 0.4) is 0 Å². The van der Waals surface area contributed by atoms with Crippen molar-refractivity contribution in [1.29, 1.82) is 0 Å². The molecule has 0 saturated heterocycles. The first kappa shape index (κ1) is 15.5. The largest absolute Gasteiger partial charge is 0.475 e. The number of carboxylic acid groups (broad SMARTS) is 1. The summed E-state index contributed by atoms with van der Waals surface area (Å²) in [7, 11) is -1.30. The molecule has 1 unspecified atom stereocenters. The molecule has 0 bridgehead atoms. The number of benzene rings is 1. The average molecular weight is 306 g/mol. The van der Waals surface area contributed by atoms with Crippen molar-refractivity contribution in [3.8, 4) is 0 Å². The van der Waals surface area contributed by atoms with Crippen LogP contribution in [-0.4, -0.2) is 15.3 Å². The zero-order valence-electron chi connectivity index (χ0n) is 12.3. The lowest BCUT2D eigenvalue weighted by molar-refractivity contribution is 0.0661. The van der Waals surface area contributed by atoms with Gasteiger partial charge in [0.15, 0.2) is 0 Å². The van der Waals surface area contributed by atoms with Gasteiger partial charge in [-0.3, -0.25) is 4.21 Å². The molecular weight excluding hydrogens is 288 g/mol. The maximum atomic E-state index is 12.3. The first-order valence-corrected chi connectivity index (χ1v) is 7.89. The lowest BCUT2D eigenvalue weighted by Crippen LogP contribution is -2.11. The highest BCUT2D eigenvalue weighted by Crippen LogP contribution is 2.24. The van der Waals surface area contributed by atoms with Crippen molar-refractivity contribution >= 4 is 16.8 Å². The molecule has 0 amide bonds. The molecule has 2 rings (SSSR count). The van der Waals surface area contributed by atoms with Gasteiger partial charge in [-0.05, 0) is 29.2 Å². The molecule has 1 heterocycles. The number of carbonyl (C=O) groups is 1. The van der Waals surface area contributed by atoms with Crippen LogP contribution in [0.2, 0.25) is 0 Å². The van der Waals surface area contributed by atoms with E-state index in [4.69, 9.17) is 9.52 Å². The maximum Gasteiger partial charge on any atom is 0.372 e. The zero-order chi connectivity index (χ0) is 15.6. The molecule has 0 spiro atoms. The summed E-state index contributed by atoms with van der Waals surface area (Å²) in [6, 6.07) is 9.13. The van der Waals surface area contributed by atoms with Crippen LogP contribution in [-0.2, 0) is 22.0 Å². The number of aromatic carboxylic acids is 1. The van der Waals surface area contributed by atoms with Crippen molar-refractivity contribution in [3.05, 3.63) is 53.5 Å². The molecule has 5 heteroatoms. The minimum atomic E-state index is -1.30. The highest BCUT2D eigenvalue weighted by Gasteiger charge is 2.18. The van der Waals surface area contributed by atoms with Gasteiger partial charge in [0.05, 0.1) is 22.8 Å². The van der Waals surface area contributed by atoms with Crippen molar-refractivity contribution in [2.75, 3.05) is 0 Å². The van der Waals surface area contributed by atoms with Gasteiger partial charge in [0.2, 0.25) is 5.76 Å². The molecule has 1 aromatic heterocycles. The van der Waals surface area contributed by atoms with E-state index in [2.05, 4.69) is 20.8 Å². The third-order valence-corrected chi connectivity index (χ3v) is 4.58. The smallest absolute Gasteiger partial charge is 0.372 e. The Hall–Kier alpha value is -1.88. The predicted octanol–water partition coefficient (Wildman–Crippen LogP) is 3.58. The van der Waals surface area contributed by atoms with E-state index in [1.807, 2.05) is 24.3 Å². The van der Waals surface area contributed by atoms with Crippen molar-refractivity contribution in [2.24, 2.45) is 0 Å². The molecule has 0 radical (unpaired) electrons. The van der Waals surface area contributed by atoms with Gasteiger partial charge in [-0.1, -0.05) is 32.9 Å². The molecule has 0 aliphatic carbocycles. The fourth-order valence-electron chi connectivity index (χ4n) is 1.97. The zero-order valence-corrected chi connectivity index (χ0v) is 13.1. The number of carboxylic acids is 1. The standard InChI is InChI=1S/C16H18O4S/c1-16(2,3)12-4-6-13(7-5-12)21(19)10-11-8-9-20-14(11)15(17)18/h4-9H,10H2,1-3H3,(H,17,18). The first-order valence-electron chi connectivity index (χ1n) is 6.57. The van der Waals surface area contributed by atoms with E-state index in [-0.39, 0.29) is 16.9 Å². The third kappa shape index (κ3) is 3.61. The van der Waals surface area contributed by atoms with Gasteiger partial charge in [-0.25, -0.2) is 4.79 Å². The molecule has 21 heavy (non-hydrogen) atoms. The number of hydrogen-bond acceptors (Lipinski definition) is 3. The lowest BCUT2D eigenvalue weighted by Gasteiger charge is -2.19. The Morgan fingerprint density at radius 2 is 1.81 bits per heavy atom. The second kappa shape index (κ2) is 5.85. The normalized spacial score (nSPS) is 13.1. The van der Waals surface area contributed by atoms with Gasteiger partial charge in [0.25, 0.3) is 0 Å². The van der Waals surface area contributed by atoms with Crippen LogP contribution in [0.1, 0.15) is 42.5 Å². The summed E-state index contributed by atoms with van der Waals surface area (Å²) in [5, 5.41) is 8.97. The van der Waals surface area contributed by atoms with Crippen molar-refractivity contribution in [2.45, 2.75) is 36.8 Å². The fourth-order valence-corrected chi connectivity index (χ4v) is 3.08. The molecule has 0 saturated carbocycles. The molecule has 1 N–H and O–H groups in total. The quantitative estimate of drug-likeness (QED) is 0.937. The van der Waals surface area contributed by atoms with E-state index in [1.165, 1.54) is 6.26 Å². The molecule has 112 valence electrons. The monoisotopic (exact) mass is 306 g/mol. The van der Waals surface area contributed by atoms with Crippen molar-refractivity contribution in [1.82, 2.24) is 0 Å². The Bertz CT molecular complexity index is 662. The Balaban J connectivity index is 2.17. The number of hydrogen-bond donors (Lipinski definition) is 1. The second-order valence-corrected chi connectivity index (χ2v) is 7.30. The van der Waals surface area contributed by atoms with Crippen molar-refractivity contribution < 1.29 is 18.5 Å². The molecule has 2 aromatic rings. The fraction of sp³-hybridized carbons (Fsp3) is 0.312. The van der Waals surface area contributed by atoms with E-state index in [1.54, 1.807) is 6.07 Å². The van der Waals surface area contributed by atoms with Gasteiger partial charge >= 0.3 is 5.97 Å². The summed E-state index contributed by atoms with van der Waals surface area (Å²) in [5.74, 6) is -1.16. The predicted molar refractivity (Wildman–Crippen MR) is 80.9 cm³/mol. The van der Waals surface area contributed by atoms with Gasteiger partial charge in [-0.2, -0.15) is 0 Å².